The van der Waals surface area contributed by atoms with Gasteiger partial charge in [-0.05, 0) is 25.0 Å². The van der Waals surface area contributed by atoms with Crippen LogP contribution in [-0.2, 0) is 0 Å². The molecule has 3 aromatic rings. The Morgan fingerprint density at radius 2 is 2.04 bits per heavy atom. The summed E-state index contributed by atoms with van der Waals surface area (Å²) in [7, 11) is 0. The van der Waals surface area contributed by atoms with Crippen molar-refractivity contribution in [2.24, 2.45) is 0 Å². The first-order valence-electron chi connectivity index (χ1n) is 7.95. The molecule has 118 valence electrons. The smallest absolute Gasteiger partial charge is 0.181 e. The van der Waals surface area contributed by atoms with Gasteiger partial charge in [0.05, 0.1) is 11.7 Å². The summed E-state index contributed by atoms with van der Waals surface area (Å²) >= 11 is 0. The quantitative estimate of drug-likeness (QED) is 0.751. The van der Waals surface area contributed by atoms with Crippen molar-refractivity contribution >= 4 is 0 Å². The van der Waals surface area contributed by atoms with Crippen LogP contribution in [0.3, 0.4) is 0 Å². The van der Waals surface area contributed by atoms with Crippen LogP contribution in [0, 0.1) is 11.5 Å². The maximum absolute atomic E-state index is 9.19. The van der Waals surface area contributed by atoms with Crippen molar-refractivity contribution in [1.82, 2.24) is 25.1 Å². The van der Waals surface area contributed by atoms with Gasteiger partial charge < -0.3 is 0 Å². The van der Waals surface area contributed by atoms with Crippen LogP contribution >= 0.6 is 0 Å². The number of nitrogens with zero attached hydrogens (tertiary/aromatic N) is 5. The normalized spacial score (nSPS) is 17.0. The minimum Gasteiger partial charge on any atom is -0.300 e. The largest absolute Gasteiger partial charge is 0.300 e. The molecule has 1 aromatic carbocycles. The number of benzene rings is 1. The summed E-state index contributed by atoms with van der Waals surface area (Å²) < 4.78 is 0. The average Bonchev–Trinajstić information content (AvgIpc) is 3.31. The third kappa shape index (κ3) is 2.61. The number of nitrogens with one attached hydrogen (secondary N) is 1. The van der Waals surface area contributed by atoms with Gasteiger partial charge in [-0.3, -0.25) is 15.0 Å². The van der Waals surface area contributed by atoms with Gasteiger partial charge >= 0.3 is 0 Å². The van der Waals surface area contributed by atoms with Gasteiger partial charge in [-0.2, -0.15) is 10.4 Å². The highest BCUT2D eigenvalue weighted by Crippen LogP contribution is 2.30. The summed E-state index contributed by atoms with van der Waals surface area (Å²) in [6.45, 7) is 0.782. The maximum Gasteiger partial charge on any atom is 0.181 e. The third-order valence-corrected chi connectivity index (χ3v) is 4.29. The summed E-state index contributed by atoms with van der Waals surface area (Å²) in [5.41, 5.74) is 2.85. The molecule has 0 spiro atoms. The van der Waals surface area contributed by atoms with Crippen LogP contribution in [0.1, 0.15) is 24.7 Å². The van der Waals surface area contributed by atoms with Gasteiger partial charge in [0.1, 0.15) is 5.82 Å². The summed E-state index contributed by atoms with van der Waals surface area (Å²) in [5, 5.41) is 16.5. The molecule has 6 heteroatoms. The second-order valence-electron chi connectivity index (χ2n) is 5.79. The van der Waals surface area contributed by atoms with Gasteiger partial charge in [0.25, 0.3) is 0 Å². The molecule has 0 amide bonds. The van der Waals surface area contributed by atoms with E-state index in [1.165, 1.54) is 0 Å². The fourth-order valence-corrected chi connectivity index (χ4v) is 3.06. The monoisotopic (exact) mass is 316 g/mol. The zero-order chi connectivity index (χ0) is 16.4. The highest BCUT2D eigenvalue weighted by molar-refractivity contribution is 5.66. The van der Waals surface area contributed by atoms with E-state index in [9.17, 15) is 5.26 Å². The van der Waals surface area contributed by atoms with Crippen LogP contribution in [0.15, 0.2) is 48.7 Å². The van der Waals surface area contributed by atoms with E-state index in [-0.39, 0.29) is 6.04 Å². The molecule has 4 rings (SSSR count). The number of aromatic nitrogens is 4. The van der Waals surface area contributed by atoms with Crippen LogP contribution in [0.4, 0.5) is 0 Å². The van der Waals surface area contributed by atoms with E-state index in [1.54, 1.807) is 11.1 Å². The van der Waals surface area contributed by atoms with Crippen molar-refractivity contribution in [3.05, 3.63) is 54.5 Å². The Morgan fingerprint density at radius 1 is 1.17 bits per heavy atom. The molecular formula is C18H16N6. The lowest BCUT2D eigenvalue weighted by molar-refractivity contribution is 0.360. The maximum atomic E-state index is 9.19. The molecule has 1 saturated heterocycles. The molecule has 1 fully saturated rings. The predicted molar refractivity (Wildman–Crippen MR) is 89.3 cm³/mol. The molecule has 1 atom stereocenters. The lowest BCUT2D eigenvalue weighted by atomic mass is 10.1. The van der Waals surface area contributed by atoms with Gasteiger partial charge in [0.15, 0.2) is 12.0 Å². The summed E-state index contributed by atoms with van der Waals surface area (Å²) in [6, 6.07) is 13.9. The number of likely N-dealkylation sites (tertiary alicyclic amines) is 1. The SMILES string of the molecule is N#CN1CCCC1c1nc(-c2ccnc(-c3ccccc3)c2)n[nH]1. The van der Waals surface area contributed by atoms with Crippen molar-refractivity contribution in [2.45, 2.75) is 18.9 Å². The van der Waals surface area contributed by atoms with Gasteiger partial charge in [-0.15, -0.1) is 0 Å². The number of pyridine rings is 1. The summed E-state index contributed by atoms with van der Waals surface area (Å²) in [5.74, 6) is 1.39. The molecule has 0 saturated carbocycles. The Labute approximate surface area is 139 Å². The minimum absolute atomic E-state index is 0.00619. The Kier molecular flexibility index (Phi) is 3.67. The zero-order valence-electron chi connectivity index (χ0n) is 13.1. The van der Waals surface area contributed by atoms with Gasteiger partial charge in [0, 0.05) is 23.9 Å². The Balaban J connectivity index is 1.65. The molecule has 1 aliphatic rings. The number of H-pyrrole nitrogens is 1. The van der Waals surface area contributed by atoms with E-state index >= 15 is 0 Å². The third-order valence-electron chi connectivity index (χ3n) is 4.29. The van der Waals surface area contributed by atoms with Gasteiger partial charge in [-0.25, -0.2) is 4.98 Å². The van der Waals surface area contributed by atoms with Crippen LogP contribution in [0.2, 0.25) is 0 Å². The predicted octanol–water partition coefficient (Wildman–Crippen LogP) is 3.15. The van der Waals surface area contributed by atoms with Crippen molar-refractivity contribution in [3.63, 3.8) is 0 Å². The van der Waals surface area contributed by atoms with E-state index in [2.05, 4.69) is 26.4 Å². The average molecular weight is 316 g/mol. The molecule has 24 heavy (non-hydrogen) atoms. The summed E-state index contributed by atoms with van der Waals surface area (Å²) in [4.78, 5) is 10.8. The van der Waals surface area contributed by atoms with Crippen LogP contribution in [0.25, 0.3) is 22.6 Å². The van der Waals surface area contributed by atoms with Crippen LogP contribution < -0.4 is 0 Å². The first-order chi connectivity index (χ1) is 11.8. The zero-order valence-corrected chi connectivity index (χ0v) is 13.1. The van der Waals surface area contributed by atoms with Crippen molar-refractivity contribution < 1.29 is 0 Å². The van der Waals surface area contributed by atoms with E-state index in [1.807, 2.05) is 42.5 Å². The van der Waals surface area contributed by atoms with Crippen LogP contribution in [0.5, 0.6) is 0 Å². The lowest BCUT2D eigenvalue weighted by Crippen LogP contribution is -2.18. The van der Waals surface area contributed by atoms with E-state index in [0.29, 0.717) is 5.82 Å². The Hall–Kier alpha value is -3.20. The van der Waals surface area contributed by atoms with Gasteiger partial charge in [0.2, 0.25) is 0 Å². The fourth-order valence-electron chi connectivity index (χ4n) is 3.06. The highest BCUT2D eigenvalue weighted by Gasteiger charge is 2.28. The van der Waals surface area contributed by atoms with Crippen molar-refractivity contribution in [3.8, 4) is 28.8 Å². The number of hydrogen-bond acceptors (Lipinski definition) is 5. The van der Waals surface area contributed by atoms with E-state index < -0.39 is 0 Å². The van der Waals surface area contributed by atoms with Crippen LogP contribution in [-0.4, -0.2) is 31.6 Å². The lowest BCUT2D eigenvalue weighted by Gasteiger charge is -2.14. The molecule has 0 aliphatic carbocycles. The second-order valence-corrected chi connectivity index (χ2v) is 5.79. The Morgan fingerprint density at radius 3 is 2.88 bits per heavy atom. The molecular weight excluding hydrogens is 300 g/mol. The van der Waals surface area contributed by atoms with E-state index in [0.717, 1.165) is 42.0 Å². The molecule has 3 heterocycles. The Bertz CT molecular complexity index is 880. The van der Waals surface area contributed by atoms with Crippen molar-refractivity contribution in [2.75, 3.05) is 6.54 Å². The number of rotatable bonds is 3. The first kappa shape index (κ1) is 14.4. The second kappa shape index (κ2) is 6.13. The molecule has 0 radical (unpaired) electrons. The highest BCUT2D eigenvalue weighted by atomic mass is 15.3. The molecule has 1 aliphatic heterocycles. The first-order valence-corrected chi connectivity index (χ1v) is 7.95. The molecule has 0 bridgehead atoms. The van der Waals surface area contributed by atoms with Gasteiger partial charge in [-0.1, -0.05) is 30.3 Å². The fraction of sp³-hybridized carbons (Fsp3) is 0.222. The summed E-state index contributed by atoms with van der Waals surface area (Å²) in [6.07, 6.45) is 5.92. The molecule has 6 nitrogen and oxygen atoms in total. The molecule has 1 N–H and O–H groups in total. The number of aromatic amines is 1. The number of nitriles is 1. The number of hydrogen-bond donors (Lipinski definition) is 1. The van der Waals surface area contributed by atoms with E-state index in [4.69, 9.17) is 0 Å². The van der Waals surface area contributed by atoms with Crippen molar-refractivity contribution in [1.29, 1.82) is 5.26 Å². The standard InChI is InChI=1S/C18H16N6/c19-12-24-10-4-7-16(24)18-21-17(22-23-18)14-8-9-20-15(11-14)13-5-2-1-3-6-13/h1-3,5-6,8-9,11,16H,4,7,10H2,(H,21,22,23). The molecule has 1 unspecified atom stereocenters. The topological polar surface area (TPSA) is 81.5 Å². The molecule has 2 aromatic heterocycles. The minimum atomic E-state index is 0.00619.